The maximum absolute atomic E-state index is 7.25. The van der Waals surface area contributed by atoms with E-state index in [1.54, 1.807) is 0 Å². The molecule has 0 saturated carbocycles. The number of para-hydroxylation sites is 2. The first-order valence-electron chi connectivity index (χ1n) is 24.7. The summed E-state index contributed by atoms with van der Waals surface area (Å²) in [4.78, 5) is 2.38. The van der Waals surface area contributed by atoms with E-state index in [2.05, 4.69) is 254 Å². The lowest BCUT2D eigenvalue weighted by atomic mass is 9.65. The Balaban J connectivity index is 0.909. The van der Waals surface area contributed by atoms with Gasteiger partial charge in [0.2, 0.25) is 0 Å². The highest BCUT2D eigenvalue weighted by Gasteiger charge is 2.52. The van der Waals surface area contributed by atoms with Gasteiger partial charge in [0.05, 0.1) is 5.41 Å². The molecule has 0 unspecified atom stereocenters. The molecule has 1 aromatic heterocycles. The molecule has 336 valence electrons. The summed E-state index contributed by atoms with van der Waals surface area (Å²) >= 11 is 0. The van der Waals surface area contributed by atoms with Gasteiger partial charge in [-0.15, -0.1) is 0 Å². The molecular formula is C69H43NO2. The third kappa shape index (κ3) is 5.98. The van der Waals surface area contributed by atoms with Gasteiger partial charge in [0, 0.05) is 55.3 Å². The van der Waals surface area contributed by atoms with Crippen molar-refractivity contribution in [2.75, 3.05) is 4.90 Å². The Morgan fingerprint density at radius 3 is 1.54 bits per heavy atom. The van der Waals surface area contributed by atoms with Crippen LogP contribution in [0, 0.1) is 0 Å². The summed E-state index contributed by atoms with van der Waals surface area (Å²) in [5, 5.41) is 6.78. The van der Waals surface area contributed by atoms with Crippen molar-refractivity contribution in [3.63, 3.8) is 0 Å². The predicted molar refractivity (Wildman–Crippen MR) is 297 cm³/mol. The van der Waals surface area contributed by atoms with Crippen LogP contribution in [0.4, 0.5) is 17.1 Å². The average molecular weight is 918 g/mol. The summed E-state index contributed by atoms with van der Waals surface area (Å²) in [6.45, 7) is 0. The number of anilines is 3. The minimum atomic E-state index is -0.644. The quantitative estimate of drug-likeness (QED) is 0.166. The molecule has 1 spiro atoms. The van der Waals surface area contributed by atoms with E-state index < -0.39 is 5.41 Å². The second kappa shape index (κ2) is 15.8. The summed E-state index contributed by atoms with van der Waals surface area (Å²) in [7, 11) is 0. The number of hydrogen-bond donors (Lipinski definition) is 0. The number of fused-ring (bicyclic) bond motifs is 16. The molecule has 0 radical (unpaired) electrons. The largest absolute Gasteiger partial charge is 0.455 e. The summed E-state index contributed by atoms with van der Waals surface area (Å²) in [6, 6.07) is 94.7. The first kappa shape index (κ1) is 40.4. The maximum atomic E-state index is 7.25. The van der Waals surface area contributed by atoms with E-state index in [0.29, 0.717) is 0 Å². The molecule has 0 saturated heterocycles. The number of furan rings is 1. The van der Waals surface area contributed by atoms with Crippen molar-refractivity contribution < 1.29 is 9.15 Å². The summed E-state index contributed by atoms with van der Waals surface area (Å²) in [6.07, 6.45) is 0. The van der Waals surface area contributed by atoms with Crippen LogP contribution in [0.1, 0.15) is 22.3 Å². The highest BCUT2D eigenvalue weighted by atomic mass is 16.5. The van der Waals surface area contributed by atoms with Crippen molar-refractivity contribution in [3.8, 4) is 56.0 Å². The van der Waals surface area contributed by atoms with E-state index in [4.69, 9.17) is 9.15 Å². The topological polar surface area (TPSA) is 25.6 Å². The molecule has 1 aliphatic carbocycles. The Morgan fingerprint density at radius 2 is 0.819 bits per heavy atom. The van der Waals surface area contributed by atoms with E-state index in [-0.39, 0.29) is 0 Å². The van der Waals surface area contributed by atoms with E-state index in [9.17, 15) is 0 Å². The van der Waals surface area contributed by atoms with Crippen LogP contribution in [-0.2, 0) is 5.41 Å². The second-order valence-electron chi connectivity index (χ2n) is 19.1. The third-order valence-corrected chi connectivity index (χ3v) is 15.3. The van der Waals surface area contributed by atoms with Crippen molar-refractivity contribution in [2.45, 2.75) is 5.41 Å². The van der Waals surface area contributed by atoms with Crippen molar-refractivity contribution >= 4 is 60.5 Å². The maximum Gasteiger partial charge on any atom is 0.143 e. The van der Waals surface area contributed by atoms with Crippen molar-refractivity contribution in [2.24, 2.45) is 0 Å². The van der Waals surface area contributed by atoms with Crippen molar-refractivity contribution in [1.82, 2.24) is 0 Å². The van der Waals surface area contributed by atoms with Crippen LogP contribution in [0.3, 0.4) is 0 Å². The zero-order valence-corrected chi connectivity index (χ0v) is 39.1. The molecule has 0 atom stereocenters. The lowest BCUT2D eigenvalue weighted by Crippen LogP contribution is -2.32. The molecule has 0 bridgehead atoms. The Labute approximate surface area is 417 Å². The Kier molecular flexibility index (Phi) is 8.87. The average Bonchev–Trinajstić information content (AvgIpc) is 3.98. The fourth-order valence-corrected chi connectivity index (χ4v) is 12.1. The lowest BCUT2D eigenvalue weighted by Gasteiger charge is -2.40. The first-order chi connectivity index (χ1) is 35.7. The zero-order valence-electron chi connectivity index (χ0n) is 39.1. The number of nitrogens with zero attached hydrogens (tertiary/aromatic N) is 1. The normalized spacial score (nSPS) is 12.9. The standard InChI is InChI=1S/C69H43NO2/c1-2-15-44(16-3-1)48-19-12-21-52(41-48)70(51-36-31-47(32-37-51)54-27-14-28-60-59-26-9-11-30-65(59)71-66(54)60)53-22-13-20-49(42-53)50-33-38-58-57-25-8-10-29-61(57)69(64(58)43-50)62-39-34-45-17-4-6-23-55(45)67(62)72-68-56-24-7-5-18-46(56)35-40-63(68)69/h1-43H. The van der Waals surface area contributed by atoms with Crippen molar-refractivity contribution in [1.29, 1.82) is 0 Å². The SMILES string of the molecule is c1ccc(-c2cccc(N(c3ccc(-c4cccc5c4oc4ccccc45)cc3)c3cccc(-c4ccc5c(c4)C4(c6ccccc6-5)c5ccc6ccccc6c5Oc5c4ccc4ccccc54)c3)c2)cc1. The van der Waals surface area contributed by atoms with E-state index in [1.807, 2.05) is 12.1 Å². The van der Waals surface area contributed by atoms with Gasteiger partial charge < -0.3 is 14.1 Å². The molecule has 2 heterocycles. The van der Waals surface area contributed by atoms with Crippen LogP contribution in [0.2, 0.25) is 0 Å². The van der Waals surface area contributed by atoms with Crippen LogP contribution >= 0.6 is 0 Å². The second-order valence-corrected chi connectivity index (χ2v) is 19.1. The van der Waals surface area contributed by atoms with Gasteiger partial charge in [0.15, 0.2) is 0 Å². The number of rotatable bonds is 6. The van der Waals surface area contributed by atoms with Crippen LogP contribution in [0.25, 0.3) is 88.0 Å². The van der Waals surface area contributed by atoms with Crippen LogP contribution in [-0.4, -0.2) is 0 Å². The summed E-state index contributed by atoms with van der Waals surface area (Å²) in [5.74, 6) is 1.83. The predicted octanol–water partition coefficient (Wildman–Crippen LogP) is 18.8. The van der Waals surface area contributed by atoms with Gasteiger partial charge in [-0.2, -0.15) is 0 Å². The molecule has 3 nitrogen and oxygen atoms in total. The first-order valence-corrected chi connectivity index (χ1v) is 24.7. The fourth-order valence-electron chi connectivity index (χ4n) is 12.1. The van der Waals surface area contributed by atoms with Gasteiger partial charge in [0.25, 0.3) is 0 Å². The van der Waals surface area contributed by atoms with Gasteiger partial charge in [-0.25, -0.2) is 0 Å². The third-order valence-electron chi connectivity index (χ3n) is 15.3. The molecular weight excluding hydrogens is 875 g/mol. The molecule has 3 heteroatoms. The molecule has 0 N–H and O–H groups in total. The Morgan fingerprint density at radius 1 is 0.292 bits per heavy atom. The molecule has 13 aromatic rings. The summed E-state index contributed by atoms with van der Waals surface area (Å²) < 4.78 is 13.8. The molecule has 1 aliphatic heterocycles. The van der Waals surface area contributed by atoms with Gasteiger partial charge in [-0.05, 0) is 109 Å². The smallest absolute Gasteiger partial charge is 0.143 e. The Bertz CT molecular complexity index is 4230. The molecule has 0 amide bonds. The number of benzene rings is 12. The monoisotopic (exact) mass is 917 g/mol. The van der Waals surface area contributed by atoms with E-state index in [1.165, 1.54) is 27.8 Å². The van der Waals surface area contributed by atoms with Crippen LogP contribution < -0.4 is 9.64 Å². The van der Waals surface area contributed by atoms with E-state index in [0.717, 1.165) is 111 Å². The highest BCUT2D eigenvalue weighted by molar-refractivity contribution is 6.09. The van der Waals surface area contributed by atoms with Gasteiger partial charge >= 0.3 is 0 Å². The van der Waals surface area contributed by atoms with Crippen LogP contribution in [0.15, 0.2) is 265 Å². The Hall–Kier alpha value is -9.44. The molecule has 12 aromatic carbocycles. The van der Waals surface area contributed by atoms with Gasteiger partial charge in [0.1, 0.15) is 22.7 Å². The van der Waals surface area contributed by atoms with Crippen LogP contribution in [0.5, 0.6) is 11.5 Å². The molecule has 0 fully saturated rings. The minimum Gasteiger partial charge on any atom is -0.455 e. The minimum absolute atomic E-state index is 0.644. The summed E-state index contributed by atoms with van der Waals surface area (Å²) in [5.41, 5.74) is 18.4. The molecule has 2 aliphatic rings. The zero-order chi connectivity index (χ0) is 47.3. The molecule has 72 heavy (non-hydrogen) atoms. The number of hydrogen-bond acceptors (Lipinski definition) is 3. The highest BCUT2D eigenvalue weighted by Crippen LogP contribution is 2.64. The van der Waals surface area contributed by atoms with E-state index >= 15 is 0 Å². The van der Waals surface area contributed by atoms with Crippen molar-refractivity contribution in [3.05, 3.63) is 283 Å². The lowest BCUT2D eigenvalue weighted by molar-refractivity contribution is 0.447. The van der Waals surface area contributed by atoms with Gasteiger partial charge in [-0.3, -0.25) is 0 Å². The fraction of sp³-hybridized carbons (Fsp3) is 0.0145. The number of ether oxygens (including phenoxy) is 1. The molecule has 15 rings (SSSR count). The van der Waals surface area contributed by atoms with Gasteiger partial charge in [-0.1, -0.05) is 212 Å².